The van der Waals surface area contributed by atoms with Crippen molar-refractivity contribution in [1.82, 2.24) is 10.2 Å². The number of amides is 1. The molecule has 25 heavy (non-hydrogen) atoms. The van der Waals surface area contributed by atoms with Crippen LogP contribution in [-0.4, -0.2) is 47.1 Å². The van der Waals surface area contributed by atoms with Gasteiger partial charge in [-0.2, -0.15) is 0 Å². The summed E-state index contributed by atoms with van der Waals surface area (Å²) >= 11 is 0. The van der Waals surface area contributed by atoms with Crippen LogP contribution >= 0.6 is 0 Å². The van der Waals surface area contributed by atoms with Crippen molar-refractivity contribution in [2.24, 2.45) is 0 Å². The van der Waals surface area contributed by atoms with E-state index in [1.807, 2.05) is 30.0 Å². The number of hydrogen-bond donors (Lipinski definition) is 2. The number of carboxylic acids is 1. The molecule has 1 aliphatic carbocycles. The molecular weight excluding hydrogens is 316 g/mol. The fraction of sp³-hybridized carbons (Fsp3) is 0.600. The monoisotopic (exact) mass is 346 g/mol. The van der Waals surface area contributed by atoms with Crippen LogP contribution in [0, 0.1) is 0 Å². The molecule has 0 atom stereocenters. The zero-order valence-corrected chi connectivity index (χ0v) is 15.5. The van der Waals surface area contributed by atoms with E-state index in [2.05, 4.69) is 31.3 Å². The van der Waals surface area contributed by atoms with Gasteiger partial charge in [-0.1, -0.05) is 51.1 Å². The molecule has 0 saturated heterocycles. The van der Waals surface area contributed by atoms with Crippen LogP contribution in [0.15, 0.2) is 30.3 Å². The SMILES string of the molecule is CCN(CC(=O)O)C1CC(NC(=O)CCC(C)(C)c2ccccc2)C1. The molecule has 0 bridgehead atoms. The molecule has 0 unspecified atom stereocenters. The van der Waals surface area contributed by atoms with E-state index in [4.69, 9.17) is 5.11 Å². The van der Waals surface area contributed by atoms with E-state index >= 15 is 0 Å². The third-order valence-corrected chi connectivity index (χ3v) is 5.27. The zero-order chi connectivity index (χ0) is 18.4. The minimum atomic E-state index is -0.794. The van der Waals surface area contributed by atoms with Gasteiger partial charge in [-0.15, -0.1) is 0 Å². The number of nitrogens with zero attached hydrogens (tertiary/aromatic N) is 1. The van der Waals surface area contributed by atoms with Crippen LogP contribution < -0.4 is 5.32 Å². The van der Waals surface area contributed by atoms with Crippen molar-refractivity contribution in [3.8, 4) is 0 Å². The lowest BCUT2D eigenvalue weighted by molar-refractivity contribution is -0.139. The van der Waals surface area contributed by atoms with Gasteiger partial charge >= 0.3 is 5.97 Å². The lowest BCUT2D eigenvalue weighted by atomic mass is 9.80. The second kappa shape index (κ2) is 8.48. The quantitative estimate of drug-likeness (QED) is 0.721. The highest BCUT2D eigenvalue weighted by Crippen LogP contribution is 2.29. The molecule has 0 aromatic heterocycles. The second-order valence-corrected chi connectivity index (χ2v) is 7.60. The van der Waals surface area contributed by atoms with Gasteiger partial charge in [0.15, 0.2) is 0 Å². The molecule has 138 valence electrons. The summed E-state index contributed by atoms with van der Waals surface area (Å²) in [5.41, 5.74) is 1.22. The van der Waals surface area contributed by atoms with Gasteiger partial charge in [0, 0.05) is 18.5 Å². The number of rotatable bonds is 9. The summed E-state index contributed by atoms with van der Waals surface area (Å²) < 4.78 is 0. The smallest absolute Gasteiger partial charge is 0.317 e. The lowest BCUT2D eigenvalue weighted by Gasteiger charge is -2.42. The standard InChI is InChI=1S/C20H30N2O3/c1-4-22(14-19(24)25)17-12-16(13-17)21-18(23)10-11-20(2,3)15-8-6-5-7-9-15/h5-9,16-17H,4,10-14H2,1-3H3,(H,21,23)(H,24,25). The first kappa shape index (κ1) is 19.4. The van der Waals surface area contributed by atoms with E-state index in [1.165, 1.54) is 5.56 Å². The molecule has 0 radical (unpaired) electrons. The number of benzene rings is 1. The van der Waals surface area contributed by atoms with E-state index < -0.39 is 5.97 Å². The summed E-state index contributed by atoms with van der Waals surface area (Å²) in [7, 11) is 0. The van der Waals surface area contributed by atoms with Crippen LogP contribution in [0.25, 0.3) is 0 Å². The second-order valence-electron chi connectivity index (χ2n) is 7.60. The predicted molar refractivity (Wildman–Crippen MR) is 98.5 cm³/mol. The Kier molecular flexibility index (Phi) is 6.59. The fourth-order valence-electron chi connectivity index (χ4n) is 3.44. The zero-order valence-electron chi connectivity index (χ0n) is 15.5. The maximum Gasteiger partial charge on any atom is 0.317 e. The Morgan fingerprint density at radius 2 is 1.88 bits per heavy atom. The average molecular weight is 346 g/mol. The minimum Gasteiger partial charge on any atom is -0.480 e. The lowest BCUT2D eigenvalue weighted by Crippen LogP contribution is -2.54. The van der Waals surface area contributed by atoms with Crippen molar-refractivity contribution in [3.05, 3.63) is 35.9 Å². The van der Waals surface area contributed by atoms with Gasteiger partial charge in [0.2, 0.25) is 5.91 Å². The maximum atomic E-state index is 12.2. The molecule has 1 amide bonds. The number of hydrogen-bond acceptors (Lipinski definition) is 3. The van der Waals surface area contributed by atoms with Gasteiger partial charge in [-0.3, -0.25) is 14.5 Å². The number of nitrogens with one attached hydrogen (secondary N) is 1. The number of likely N-dealkylation sites (N-methyl/N-ethyl adjacent to an activating group) is 1. The third-order valence-electron chi connectivity index (χ3n) is 5.27. The van der Waals surface area contributed by atoms with Gasteiger partial charge in [0.05, 0.1) is 6.54 Å². The highest BCUT2D eigenvalue weighted by Gasteiger charge is 2.34. The van der Waals surface area contributed by atoms with Crippen LogP contribution in [0.5, 0.6) is 0 Å². The number of carbonyl (C=O) groups is 2. The Morgan fingerprint density at radius 1 is 1.24 bits per heavy atom. The first-order valence-corrected chi connectivity index (χ1v) is 9.12. The summed E-state index contributed by atoms with van der Waals surface area (Å²) in [5.74, 6) is -0.703. The number of carboxylic acid groups (broad SMARTS) is 1. The normalized spacial score (nSPS) is 20.2. The summed E-state index contributed by atoms with van der Waals surface area (Å²) in [6.07, 6.45) is 3.00. The maximum absolute atomic E-state index is 12.2. The van der Waals surface area contributed by atoms with E-state index in [-0.39, 0.29) is 30.0 Å². The van der Waals surface area contributed by atoms with Crippen molar-refractivity contribution >= 4 is 11.9 Å². The van der Waals surface area contributed by atoms with Crippen LogP contribution in [0.1, 0.15) is 52.0 Å². The first-order valence-electron chi connectivity index (χ1n) is 9.12. The van der Waals surface area contributed by atoms with Crippen LogP contribution in [0.3, 0.4) is 0 Å². The van der Waals surface area contributed by atoms with Crippen molar-refractivity contribution in [1.29, 1.82) is 0 Å². The average Bonchev–Trinajstić information content (AvgIpc) is 2.55. The Hall–Kier alpha value is -1.88. The predicted octanol–water partition coefficient (Wildman–Crippen LogP) is 2.80. The molecule has 2 N–H and O–H groups in total. The van der Waals surface area contributed by atoms with Gasteiger partial charge in [0.25, 0.3) is 0 Å². The molecular formula is C20H30N2O3. The van der Waals surface area contributed by atoms with E-state index in [0.29, 0.717) is 6.42 Å². The summed E-state index contributed by atoms with van der Waals surface area (Å²) in [6.45, 7) is 7.11. The highest BCUT2D eigenvalue weighted by atomic mass is 16.4. The van der Waals surface area contributed by atoms with E-state index in [0.717, 1.165) is 25.8 Å². The van der Waals surface area contributed by atoms with E-state index in [1.54, 1.807) is 0 Å². The summed E-state index contributed by atoms with van der Waals surface area (Å²) in [6, 6.07) is 10.7. The molecule has 1 aromatic rings. The summed E-state index contributed by atoms with van der Waals surface area (Å²) in [4.78, 5) is 25.0. The fourth-order valence-corrected chi connectivity index (χ4v) is 3.44. The minimum absolute atomic E-state index is 0.0265. The molecule has 5 nitrogen and oxygen atoms in total. The van der Waals surface area contributed by atoms with Gasteiger partial charge in [-0.25, -0.2) is 0 Å². The van der Waals surface area contributed by atoms with Crippen molar-refractivity contribution in [2.45, 2.75) is 64.0 Å². The Bertz CT molecular complexity index is 580. The van der Waals surface area contributed by atoms with E-state index in [9.17, 15) is 9.59 Å². The van der Waals surface area contributed by atoms with Gasteiger partial charge in [0.1, 0.15) is 0 Å². The number of aliphatic carboxylic acids is 1. The molecule has 1 aliphatic rings. The molecule has 1 fully saturated rings. The third kappa shape index (κ3) is 5.56. The molecule has 1 saturated carbocycles. The van der Waals surface area contributed by atoms with Crippen LogP contribution in [0.2, 0.25) is 0 Å². The highest BCUT2D eigenvalue weighted by molar-refractivity contribution is 5.76. The van der Waals surface area contributed by atoms with Crippen molar-refractivity contribution in [2.75, 3.05) is 13.1 Å². The summed E-state index contributed by atoms with van der Waals surface area (Å²) in [5, 5.41) is 12.0. The number of carbonyl (C=O) groups excluding carboxylic acids is 1. The molecule has 5 heteroatoms. The molecule has 0 spiro atoms. The van der Waals surface area contributed by atoms with Gasteiger partial charge < -0.3 is 10.4 Å². The Balaban J connectivity index is 1.73. The van der Waals surface area contributed by atoms with Crippen molar-refractivity contribution < 1.29 is 14.7 Å². The van der Waals surface area contributed by atoms with Crippen LogP contribution in [0.4, 0.5) is 0 Å². The molecule has 0 aliphatic heterocycles. The first-order chi connectivity index (χ1) is 11.8. The molecule has 0 heterocycles. The topological polar surface area (TPSA) is 69.6 Å². The van der Waals surface area contributed by atoms with Crippen LogP contribution in [-0.2, 0) is 15.0 Å². The van der Waals surface area contributed by atoms with Gasteiger partial charge in [-0.05, 0) is 36.8 Å². The Labute approximate surface area is 150 Å². The van der Waals surface area contributed by atoms with Crippen molar-refractivity contribution in [3.63, 3.8) is 0 Å². The molecule has 2 rings (SSSR count). The Morgan fingerprint density at radius 3 is 2.44 bits per heavy atom. The largest absolute Gasteiger partial charge is 0.480 e. The molecule has 1 aromatic carbocycles.